The van der Waals surface area contributed by atoms with Crippen LogP contribution in [0.5, 0.6) is 5.75 Å². The summed E-state index contributed by atoms with van der Waals surface area (Å²) in [5.41, 5.74) is 1.72. The SMILES string of the molecule is O=C1C(Br)=CC(=C(c2cc(Br)c(O)c(Br)c2)c2ccccc2S(=O)(=O)O)C=C1Br.[Na]. The number of carbonyl (C=O) groups excluding carboxylic acids is 1. The van der Waals surface area contributed by atoms with Crippen molar-refractivity contribution in [2.45, 2.75) is 4.90 Å². The number of allylic oxidation sites excluding steroid dienone is 5. The molecule has 3 rings (SSSR count). The first-order valence-corrected chi connectivity index (χ1v) is 12.4. The number of Topliss-reactive ketones (excluding diaryl/α,β-unsaturated/α-hetero) is 1. The van der Waals surface area contributed by atoms with Crippen molar-refractivity contribution in [1.82, 2.24) is 0 Å². The van der Waals surface area contributed by atoms with E-state index in [4.69, 9.17) is 0 Å². The Labute approximate surface area is 228 Å². The summed E-state index contributed by atoms with van der Waals surface area (Å²) < 4.78 is 35.1. The fraction of sp³-hybridized carbons (Fsp3) is 0. The van der Waals surface area contributed by atoms with Crippen LogP contribution in [-0.4, -0.2) is 53.4 Å². The minimum atomic E-state index is -4.53. The number of hydrogen-bond donors (Lipinski definition) is 2. The molecule has 0 aromatic heterocycles. The third-order valence-corrected chi connectivity index (χ3v) is 7.33. The van der Waals surface area contributed by atoms with Crippen molar-refractivity contribution in [1.29, 1.82) is 0 Å². The third kappa shape index (κ3) is 5.47. The molecular formula is C19H10Br4NaO5S. The summed E-state index contributed by atoms with van der Waals surface area (Å²) in [6.45, 7) is 0. The van der Waals surface area contributed by atoms with E-state index in [0.717, 1.165) is 0 Å². The molecular weight excluding hydrogens is 683 g/mol. The first-order valence-electron chi connectivity index (χ1n) is 7.79. The molecule has 30 heavy (non-hydrogen) atoms. The number of benzene rings is 2. The molecule has 1 radical (unpaired) electrons. The van der Waals surface area contributed by atoms with Crippen LogP contribution in [0.3, 0.4) is 0 Å². The van der Waals surface area contributed by atoms with Gasteiger partial charge in [-0.05, 0) is 111 Å². The summed E-state index contributed by atoms with van der Waals surface area (Å²) in [7, 11) is -4.53. The predicted molar refractivity (Wildman–Crippen MR) is 131 cm³/mol. The molecule has 2 aromatic rings. The average molecular weight is 693 g/mol. The van der Waals surface area contributed by atoms with Gasteiger partial charge in [0.25, 0.3) is 10.1 Å². The number of aromatic hydroxyl groups is 1. The Kier molecular flexibility index (Phi) is 8.97. The van der Waals surface area contributed by atoms with E-state index in [2.05, 4.69) is 63.7 Å². The zero-order valence-electron chi connectivity index (χ0n) is 15.2. The number of hydrogen-bond acceptors (Lipinski definition) is 4. The molecule has 0 spiro atoms. The second-order valence-corrected chi connectivity index (χ2v) is 10.7. The van der Waals surface area contributed by atoms with Crippen LogP contribution < -0.4 is 0 Å². The predicted octanol–water partition coefficient (Wildman–Crippen LogP) is 5.73. The van der Waals surface area contributed by atoms with Gasteiger partial charge in [-0.25, -0.2) is 0 Å². The summed E-state index contributed by atoms with van der Waals surface area (Å²) in [5.74, 6) is -0.280. The Morgan fingerprint density at radius 3 is 1.90 bits per heavy atom. The fourth-order valence-corrected chi connectivity index (χ4v) is 5.86. The quantitative estimate of drug-likeness (QED) is 0.317. The van der Waals surface area contributed by atoms with E-state index in [0.29, 0.717) is 25.7 Å². The largest absolute Gasteiger partial charge is 0.506 e. The Bertz CT molecular complexity index is 1200. The Morgan fingerprint density at radius 2 is 1.40 bits per heavy atom. The van der Waals surface area contributed by atoms with Crippen LogP contribution in [0, 0.1) is 0 Å². The first-order chi connectivity index (χ1) is 13.5. The van der Waals surface area contributed by atoms with Gasteiger partial charge >= 0.3 is 0 Å². The van der Waals surface area contributed by atoms with Gasteiger partial charge in [0.2, 0.25) is 5.78 Å². The van der Waals surface area contributed by atoms with Crippen LogP contribution in [0.4, 0.5) is 0 Å². The molecule has 2 N–H and O–H groups in total. The molecule has 0 unspecified atom stereocenters. The van der Waals surface area contributed by atoms with E-state index in [1.54, 1.807) is 36.4 Å². The molecule has 11 heteroatoms. The van der Waals surface area contributed by atoms with Gasteiger partial charge in [0.05, 0.1) is 17.9 Å². The molecule has 1 aliphatic rings. The number of ketones is 1. The molecule has 0 amide bonds. The topological polar surface area (TPSA) is 91.7 Å². The Morgan fingerprint density at radius 1 is 0.900 bits per heavy atom. The average Bonchev–Trinajstić information content (AvgIpc) is 2.64. The summed E-state index contributed by atoms with van der Waals surface area (Å²) in [5, 5.41) is 10.1. The van der Waals surface area contributed by atoms with E-state index < -0.39 is 10.1 Å². The van der Waals surface area contributed by atoms with Gasteiger partial charge < -0.3 is 5.11 Å². The van der Waals surface area contributed by atoms with Crippen LogP contribution in [0.25, 0.3) is 5.57 Å². The molecule has 151 valence electrons. The van der Waals surface area contributed by atoms with Crippen molar-refractivity contribution in [3.05, 3.63) is 83.2 Å². The number of rotatable bonds is 3. The van der Waals surface area contributed by atoms with Gasteiger partial charge in [0, 0.05) is 35.1 Å². The summed E-state index contributed by atoms with van der Waals surface area (Å²) >= 11 is 13.0. The molecule has 0 saturated heterocycles. The molecule has 0 atom stereocenters. The molecule has 5 nitrogen and oxygen atoms in total. The fourth-order valence-electron chi connectivity index (χ4n) is 2.79. The van der Waals surface area contributed by atoms with Crippen LogP contribution in [0.15, 0.2) is 76.9 Å². The first kappa shape index (κ1) is 26.2. The Balaban J connectivity index is 0.00000320. The summed E-state index contributed by atoms with van der Waals surface area (Å²) in [6.07, 6.45) is 3.13. The van der Waals surface area contributed by atoms with Gasteiger partial charge in [-0.15, -0.1) is 0 Å². The van der Waals surface area contributed by atoms with Gasteiger partial charge in [-0.2, -0.15) is 8.42 Å². The van der Waals surface area contributed by atoms with Crippen molar-refractivity contribution in [2.75, 3.05) is 0 Å². The van der Waals surface area contributed by atoms with Crippen molar-refractivity contribution in [2.24, 2.45) is 0 Å². The van der Waals surface area contributed by atoms with Crippen LogP contribution in [0.2, 0.25) is 0 Å². The van der Waals surface area contributed by atoms with E-state index in [9.17, 15) is 22.9 Å². The van der Waals surface area contributed by atoms with E-state index >= 15 is 0 Å². The van der Waals surface area contributed by atoms with E-state index in [1.807, 2.05) is 0 Å². The van der Waals surface area contributed by atoms with E-state index in [1.165, 1.54) is 12.1 Å². The van der Waals surface area contributed by atoms with Crippen molar-refractivity contribution in [3.63, 3.8) is 0 Å². The number of phenolic OH excluding ortho intramolecular Hbond substituents is 1. The molecule has 0 bridgehead atoms. The zero-order chi connectivity index (χ0) is 21.5. The molecule has 0 heterocycles. The zero-order valence-corrected chi connectivity index (χ0v) is 24.3. The van der Waals surface area contributed by atoms with Crippen molar-refractivity contribution >= 4 is 115 Å². The molecule has 0 saturated carbocycles. The number of phenols is 1. The van der Waals surface area contributed by atoms with Crippen molar-refractivity contribution in [3.8, 4) is 5.75 Å². The number of carbonyl (C=O) groups is 1. The summed E-state index contributed by atoms with van der Waals surface area (Å²) in [4.78, 5) is 11.8. The second-order valence-electron chi connectivity index (χ2n) is 5.90. The second kappa shape index (κ2) is 10.3. The normalized spacial score (nSPS) is 14.0. The maximum Gasteiger partial charge on any atom is 0.295 e. The van der Waals surface area contributed by atoms with Gasteiger partial charge in [-0.3, -0.25) is 9.35 Å². The maximum absolute atomic E-state index is 12.1. The van der Waals surface area contributed by atoms with Crippen LogP contribution in [0.1, 0.15) is 11.1 Å². The minimum absolute atomic E-state index is 0. The van der Waals surface area contributed by atoms with Crippen LogP contribution in [-0.2, 0) is 14.9 Å². The third-order valence-electron chi connectivity index (χ3n) is 4.03. The summed E-state index contributed by atoms with van der Waals surface area (Å²) in [6, 6.07) is 9.22. The minimum Gasteiger partial charge on any atom is -0.506 e. The molecule has 0 fully saturated rings. The maximum atomic E-state index is 12.1. The number of halogens is 4. The molecule has 0 aliphatic heterocycles. The van der Waals surface area contributed by atoms with Crippen LogP contribution >= 0.6 is 63.7 Å². The van der Waals surface area contributed by atoms with Gasteiger partial charge in [0.1, 0.15) is 10.6 Å². The van der Waals surface area contributed by atoms with E-state index in [-0.39, 0.29) is 60.5 Å². The van der Waals surface area contributed by atoms with Gasteiger partial charge in [0.15, 0.2) is 0 Å². The smallest absolute Gasteiger partial charge is 0.295 e. The molecule has 2 aromatic carbocycles. The Hall–Kier alpha value is -0.0400. The van der Waals surface area contributed by atoms with Crippen molar-refractivity contribution < 1.29 is 22.9 Å². The molecule has 1 aliphatic carbocycles. The monoisotopic (exact) mass is 689 g/mol. The standard InChI is InChI=1S/C19H10Br4O5S.Na/c20-12-5-9(6-13(21)18(12)24)17(10-7-14(22)19(25)15(23)8-10)11-3-1-2-4-16(11)29(26,27)28;/h1-8,24H,(H,26,27,28);. The van der Waals surface area contributed by atoms with Gasteiger partial charge in [-0.1, -0.05) is 18.2 Å².